The molecule has 4 rings (SSSR count). The van der Waals surface area contributed by atoms with Crippen molar-refractivity contribution < 1.29 is 23.4 Å². The zero-order valence-electron chi connectivity index (χ0n) is 15.7. The maximum absolute atomic E-state index is 13.1. The van der Waals surface area contributed by atoms with Crippen molar-refractivity contribution in [3.63, 3.8) is 0 Å². The molecular weight excluding hydrogens is 360 g/mol. The molecule has 0 N–H and O–H groups in total. The van der Waals surface area contributed by atoms with Crippen LogP contribution in [0.3, 0.4) is 0 Å². The summed E-state index contributed by atoms with van der Waals surface area (Å²) in [6, 6.07) is 12.3. The highest BCUT2D eigenvalue weighted by Gasteiger charge is 2.28. The molecule has 0 radical (unpaired) electrons. The van der Waals surface area contributed by atoms with Gasteiger partial charge >= 0.3 is 5.97 Å². The third-order valence-corrected chi connectivity index (χ3v) is 4.75. The van der Waals surface area contributed by atoms with E-state index in [0.717, 1.165) is 12.0 Å². The maximum Gasteiger partial charge on any atom is 0.340 e. The molecule has 1 aromatic heterocycles. The molecule has 1 aliphatic heterocycles. The summed E-state index contributed by atoms with van der Waals surface area (Å²) in [5.41, 5.74) is 1.56. The van der Waals surface area contributed by atoms with Gasteiger partial charge in [-0.15, -0.1) is 0 Å². The molecule has 0 unspecified atom stereocenters. The van der Waals surface area contributed by atoms with Crippen molar-refractivity contribution in [1.29, 1.82) is 0 Å². The SMILES string of the molecule is COc1ccc(-c2oc3ccc(C)cc3c(=O)c2OC(=O)[C@H]2CCCO2)cc1. The van der Waals surface area contributed by atoms with Crippen LogP contribution in [0.2, 0.25) is 0 Å². The van der Waals surface area contributed by atoms with Crippen molar-refractivity contribution >= 4 is 16.9 Å². The van der Waals surface area contributed by atoms with Gasteiger partial charge in [-0.25, -0.2) is 4.79 Å². The van der Waals surface area contributed by atoms with Gasteiger partial charge in [-0.2, -0.15) is 0 Å². The Balaban J connectivity index is 1.86. The van der Waals surface area contributed by atoms with E-state index in [1.807, 2.05) is 13.0 Å². The van der Waals surface area contributed by atoms with Crippen LogP contribution in [0.4, 0.5) is 0 Å². The lowest BCUT2D eigenvalue weighted by Crippen LogP contribution is -2.27. The maximum atomic E-state index is 13.1. The van der Waals surface area contributed by atoms with Gasteiger partial charge in [-0.05, 0) is 56.2 Å². The first-order chi connectivity index (χ1) is 13.6. The number of benzene rings is 2. The lowest BCUT2D eigenvalue weighted by Gasteiger charge is -2.13. The lowest BCUT2D eigenvalue weighted by molar-refractivity contribution is -0.144. The Morgan fingerprint density at radius 1 is 1.14 bits per heavy atom. The predicted octanol–water partition coefficient (Wildman–Crippen LogP) is 3.86. The predicted molar refractivity (Wildman–Crippen MR) is 104 cm³/mol. The molecule has 6 heteroatoms. The smallest absolute Gasteiger partial charge is 0.340 e. The number of carbonyl (C=O) groups is 1. The summed E-state index contributed by atoms with van der Waals surface area (Å²) in [4.78, 5) is 25.7. The largest absolute Gasteiger partial charge is 0.497 e. The van der Waals surface area contributed by atoms with Crippen molar-refractivity contribution in [2.24, 2.45) is 0 Å². The third kappa shape index (κ3) is 3.39. The molecular formula is C22H20O6. The number of carbonyl (C=O) groups excluding carboxylic acids is 1. The van der Waals surface area contributed by atoms with E-state index in [1.165, 1.54) is 0 Å². The monoisotopic (exact) mass is 380 g/mol. The third-order valence-electron chi connectivity index (χ3n) is 4.75. The standard InChI is InChI=1S/C22H20O6/c1-13-5-10-17-16(12-13)19(23)21(28-22(24)18-4-3-11-26-18)20(27-17)14-6-8-15(25-2)9-7-14/h5-10,12,18H,3-4,11H2,1-2H3/t18-/m1/s1. The zero-order chi connectivity index (χ0) is 19.7. The van der Waals surface area contributed by atoms with Gasteiger partial charge in [0.1, 0.15) is 11.3 Å². The molecule has 1 aliphatic rings. The van der Waals surface area contributed by atoms with Gasteiger partial charge in [0.15, 0.2) is 11.9 Å². The van der Waals surface area contributed by atoms with E-state index in [-0.39, 0.29) is 16.9 Å². The van der Waals surface area contributed by atoms with E-state index in [1.54, 1.807) is 43.5 Å². The van der Waals surface area contributed by atoms with Crippen molar-refractivity contribution in [1.82, 2.24) is 0 Å². The summed E-state index contributed by atoms with van der Waals surface area (Å²) in [5, 5.41) is 0.368. The van der Waals surface area contributed by atoms with E-state index in [0.29, 0.717) is 35.3 Å². The number of hydrogen-bond acceptors (Lipinski definition) is 6. The fourth-order valence-corrected chi connectivity index (χ4v) is 3.25. The van der Waals surface area contributed by atoms with Gasteiger partial charge < -0.3 is 18.6 Å². The van der Waals surface area contributed by atoms with Crippen LogP contribution in [0.1, 0.15) is 18.4 Å². The number of methoxy groups -OCH3 is 1. The highest BCUT2D eigenvalue weighted by atomic mass is 16.6. The molecule has 1 atom stereocenters. The van der Waals surface area contributed by atoms with Gasteiger partial charge in [-0.3, -0.25) is 4.79 Å². The van der Waals surface area contributed by atoms with Crippen molar-refractivity contribution in [2.45, 2.75) is 25.9 Å². The summed E-state index contributed by atoms with van der Waals surface area (Å²) < 4.78 is 22.1. The van der Waals surface area contributed by atoms with E-state index in [2.05, 4.69) is 0 Å². The molecule has 0 spiro atoms. The Morgan fingerprint density at radius 2 is 1.93 bits per heavy atom. The van der Waals surface area contributed by atoms with E-state index in [4.69, 9.17) is 18.6 Å². The topological polar surface area (TPSA) is 75.0 Å². The molecule has 2 aromatic carbocycles. The molecule has 0 bridgehead atoms. The van der Waals surface area contributed by atoms with E-state index >= 15 is 0 Å². The van der Waals surface area contributed by atoms with Crippen LogP contribution < -0.4 is 14.9 Å². The number of ether oxygens (including phenoxy) is 3. The summed E-state index contributed by atoms with van der Waals surface area (Å²) >= 11 is 0. The molecule has 144 valence electrons. The second-order valence-electron chi connectivity index (χ2n) is 6.74. The number of aryl methyl sites for hydroxylation is 1. The molecule has 0 aliphatic carbocycles. The Morgan fingerprint density at radius 3 is 2.61 bits per heavy atom. The van der Waals surface area contributed by atoms with Crippen molar-refractivity contribution in [3.8, 4) is 22.8 Å². The number of esters is 1. The fourth-order valence-electron chi connectivity index (χ4n) is 3.25. The minimum atomic E-state index is -0.656. The number of rotatable bonds is 4. The van der Waals surface area contributed by atoms with Crippen LogP contribution in [-0.2, 0) is 9.53 Å². The lowest BCUT2D eigenvalue weighted by atomic mass is 10.1. The molecule has 0 saturated carbocycles. The Bertz CT molecular complexity index is 1070. The van der Waals surface area contributed by atoms with Crippen LogP contribution in [0.15, 0.2) is 51.7 Å². The summed E-state index contributed by atoms with van der Waals surface area (Å²) in [7, 11) is 1.57. The molecule has 1 fully saturated rings. The fraction of sp³-hybridized carbons (Fsp3) is 0.273. The molecule has 3 aromatic rings. The molecule has 0 amide bonds. The first-order valence-electron chi connectivity index (χ1n) is 9.12. The second-order valence-corrected chi connectivity index (χ2v) is 6.74. The quantitative estimate of drug-likeness (QED) is 0.640. The zero-order valence-corrected chi connectivity index (χ0v) is 15.7. The first kappa shape index (κ1) is 18.3. The van der Waals surface area contributed by atoms with Crippen molar-refractivity contribution in [2.75, 3.05) is 13.7 Å². The Labute approximate surface area is 161 Å². The summed E-state index contributed by atoms with van der Waals surface area (Å²) in [6.45, 7) is 2.39. The van der Waals surface area contributed by atoms with Gasteiger partial charge in [-0.1, -0.05) is 11.6 Å². The average Bonchev–Trinajstić information content (AvgIpc) is 3.25. The van der Waals surface area contributed by atoms with Gasteiger partial charge in [0.25, 0.3) is 0 Å². The van der Waals surface area contributed by atoms with Crippen LogP contribution in [0, 0.1) is 6.92 Å². The number of hydrogen-bond donors (Lipinski definition) is 0. The normalized spacial score (nSPS) is 16.3. The first-order valence-corrected chi connectivity index (χ1v) is 9.12. The van der Waals surface area contributed by atoms with Gasteiger partial charge in [0, 0.05) is 12.2 Å². The van der Waals surface area contributed by atoms with Crippen LogP contribution in [0.25, 0.3) is 22.3 Å². The van der Waals surface area contributed by atoms with E-state index < -0.39 is 12.1 Å². The Hall–Kier alpha value is -3.12. The highest BCUT2D eigenvalue weighted by molar-refractivity contribution is 5.85. The minimum absolute atomic E-state index is 0.122. The van der Waals surface area contributed by atoms with Gasteiger partial charge in [0.2, 0.25) is 11.2 Å². The average molecular weight is 380 g/mol. The second kappa shape index (κ2) is 7.48. The van der Waals surface area contributed by atoms with Crippen molar-refractivity contribution in [3.05, 3.63) is 58.3 Å². The van der Waals surface area contributed by atoms with Crippen LogP contribution >= 0.6 is 0 Å². The number of fused-ring (bicyclic) bond motifs is 1. The van der Waals surface area contributed by atoms with Gasteiger partial charge in [0.05, 0.1) is 12.5 Å². The minimum Gasteiger partial charge on any atom is -0.497 e. The highest BCUT2D eigenvalue weighted by Crippen LogP contribution is 2.32. The Kier molecular flexibility index (Phi) is 4.88. The molecule has 2 heterocycles. The molecule has 28 heavy (non-hydrogen) atoms. The molecule has 1 saturated heterocycles. The molecule has 6 nitrogen and oxygen atoms in total. The van der Waals surface area contributed by atoms with Crippen LogP contribution in [-0.4, -0.2) is 25.8 Å². The van der Waals surface area contributed by atoms with E-state index in [9.17, 15) is 9.59 Å². The van der Waals surface area contributed by atoms with Crippen LogP contribution in [0.5, 0.6) is 11.5 Å². The summed E-state index contributed by atoms with van der Waals surface area (Å²) in [5.74, 6) is 0.172. The summed E-state index contributed by atoms with van der Waals surface area (Å²) in [6.07, 6.45) is 0.710.